The molecule has 1 amide bonds. The first-order valence-corrected chi connectivity index (χ1v) is 5.09. The van der Waals surface area contributed by atoms with E-state index in [1.165, 1.54) is 0 Å². The van der Waals surface area contributed by atoms with Crippen molar-refractivity contribution in [2.24, 2.45) is 7.05 Å². The van der Waals surface area contributed by atoms with Crippen molar-refractivity contribution in [3.05, 3.63) is 18.0 Å². The minimum Gasteiger partial charge on any atom is -0.341 e. The molecule has 14 heavy (non-hydrogen) atoms. The number of hydrogen-bond donors (Lipinski definition) is 1. The van der Waals surface area contributed by atoms with Crippen LogP contribution >= 0.6 is 12.6 Å². The van der Waals surface area contributed by atoms with E-state index < -0.39 is 0 Å². The standard InChI is InChI=1S/C9H15N3OS/c1-11(9(13)3-4-14)6-8-5-10-12(2)7-8/h5,7,14H,3-4,6H2,1-2H3. The Morgan fingerprint density at radius 1 is 1.71 bits per heavy atom. The van der Waals surface area contributed by atoms with E-state index in [1.54, 1.807) is 22.8 Å². The molecule has 4 nitrogen and oxygen atoms in total. The summed E-state index contributed by atoms with van der Waals surface area (Å²) in [5, 5.41) is 4.04. The molecule has 1 heterocycles. The predicted octanol–water partition coefficient (Wildman–Crippen LogP) is 0.698. The number of carbonyl (C=O) groups is 1. The van der Waals surface area contributed by atoms with Crippen LogP contribution in [0.5, 0.6) is 0 Å². The van der Waals surface area contributed by atoms with Crippen LogP contribution in [0.3, 0.4) is 0 Å². The molecule has 0 aromatic carbocycles. The van der Waals surface area contributed by atoms with Crippen LogP contribution in [-0.4, -0.2) is 33.4 Å². The summed E-state index contributed by atoms with van der Waals surface area (Å²) < 4.78 is 1.73. The van der Waals surface area contributed by atoms with Crippen LogP contribution in [0.2, 0.25) is 0 Å². The highest BCUT2D eigenvalue weighted by atomic mass is 32.1. The van der Waals surface area contributed by atoms with Crippen molar-refractivity contribution in [3.63, 3.8) is 0 Å². The fraction of sp³-hybridized carbons (Fsp3) is 0.556. The molecule has 0 unspecified atom stereocenters. The second-order valence-corrected chi connectivity index (χ2v) is 3.69. The zero-order valence-corrected chi connectivity index (χ0v) is 9.37. The topological polar surface area (TPSA) is 38.1 Å². The van der Waals surface area contributed by atoms with Crippen molar-refractivity contribution >= 4 is 18.5 Å². The van der Waals surface area contributed by atoms with Crippen molar-refractivity contribution < 1.29 is 4.79 Å². The Balaban J connectivity index is 2.48. The van der Waals surface area contributed by atoms with Crippen LogP contribution in [0.4, 0.5) is 0 Å². The van der Waals surface area contributed by atoms with Gasteiger partial charge in [-0.05, 0) is 5.75 Å². The number of hydrogen-bond acceptors (Lipinski definition) is 3. The van der Waals surface area contributed by atoms with Gasteiger partial charge in [0.05, 0.1) is 6.20 Å². The predicted molar refractivity (Wildman–Crippen MR) is 58.2 cm³/mol. The van der Waals surface area contributed by atoms with E-state index in [-0.39, 0.29) is 5.91 Å². The van der Waals surface area contributed by atoms with Gasteiger partial charge in [-0.25, -0.2) is 0 Å². The smallest absolute Gasteiger partial charge is 0.223 e. The lowest BCUT2D eigenvalue weighted by atomic mass is 10.3. The van der Waals surface area contributed by atoms with Gasteiger partial charge in [0, 0.05) is 38.8 Å². The number of amides is 1. The monoisotopic (exact) mass is 213 g/mol. The van der Waals surface area contributed by atoms with Crippen LogP contribution in [-0.2, 0) is 18.4 Å². The van der Waals surface area contributed by atoms with Gasteiger partial charge in [0.2, 0.25) is 5.91 Å². The van der Waals surface area contributed by atoms with E-state index in [2.05, 4.69) is 17.7 Å². The van der Waals surface area contributed by atoms with Gasteiger partial charge < -0.3 is 4.90 Å². The first-order chi connectivity index (χ1) is 6.63. The molecule has 0 spiro atoms. The number of rotatable bonds is 4. The van der Waals surface area contributed by atoms with Gasteiger partial charge in [-0.1, -0.05) is 0 Å². The summed E-state index contributed by atoms with van der Waals surface area (Å²) in [5.74, 6) is 0.708. The summed E-state index contributed by atoms with van der Waals surface area (Å²) in [7, 11) is 3.65. The number of aromatic nitrogens is 2. The third-order valence-corrected chi connectivity index (χ3v) is 2.15. The largest absolute Gasteiger partial charge is 0.341 e. The average Bonchev–Trinajstić information content (AvgIpc) is 2.51. The molecule has 1 aromatic rings. The van der Waals surface area contributed by atoms with Gasteiger partial charge in [0.1, 0.15) is 0 Å². The van der Waals surface area contributed by atoms with Crippen LogP contribution in [0.1, 0.15) is 12.0 Å². The lowest BCUT2D eigenvalue weighted by Crippen LogP contribution is -2.26. The van der Waals surface area contributed by atoms with Crippen molar-refractivity contribution in [2.45, 2.75) is 13.0 Å². The Morgan fingerprint density at radius 2 is 2.43 bits per heavy atom. The van der Waals surface area contributed by atoms with E-state index in [0.29, 0.717) is 18.7 Å². The molecular weight excluding hydrogens is 198 g/mol. The van der Waals surface area contributed by atoms with Crippen molar-refractivity contribution in [3.8, 4) is 0 Å². The first-order valence-electron chi connectivity index (χ1n) is 4.46. The molecule has 0 fully saturated rings. The van der Waals surface area contributed by atoms with Gasteiger partial charge in [0.25, 0.3) is 0 Å². The van der Waals surface area contributed by atoms with Gasteiger partial charge in [-0.2, -0.15) is 17.7 Å². The molecular formula is C9H15N3OS. The maximum absolute atomic E-state index is 11.4. The fourth-order valence-electron chi connectivity index (χ4n) is 1.20. The quantitative estimate of drug-likeness (QED) is 0.748. The average molecular weight is 213 g/mol. The number of nitrogens with zero attached hydrogens (tertiary/aromatic N) is 3. The molecule has 0 saturated carbocycles. The van der Waals surface area contributed by atoms with Crippen LogP contribution in [0.15, 0.2) is 12.4 Å². The van der Waals surface area contributed by atoms with E-state index in [1.807, 2.05) is 13.2 Å². The van der Waals surface area contributed by atoms with Gasteiger partial charge >= 0.3 is 0 Å². The highest BCUT2D eigenvalue weighted by Gasteiger charge is 2.08. The third kappa shape index (κ3) is 3.06. The molecule has 0 atom stereocenters. The minimum atomic E-state index is 0.115. The molecule has 0 bridgehead atoms. The molecule has 1 rings (SSSR count). The minimum absolute atomic E-state index is 0.115. The molecule has 0 N–H and O–H groups in total. The van der Waals surface area contributed by atoms with Gasteiger partial charge in [-0.15, -0.1) is 0 Å². The normalized spacial score (nSPS) is 10.2. The van der Waals surface area contributed by atoms with Gasteiger partial charge in [0.15, 0.2) is 0 Å². The SMILES string of the molecule is CN(Cc1cnn(C)c1)C(=O)CCS. The van der Waals surface area contributed by atoms with Crippen molar-refractivity contribution in [2.75, 3.05) is 12.8 Å². The second-order valence-electron chi connectivity index (χ2n) is 3.25. The summed E-state index contributed by atoms with van der Waals surface area (Å²) in [6, 6.07) is 0. The van der Waals surface area contributed by atoms with Crippen LogP contribution in [0.25, 0.3) is 0 Å². The molecule has 5 heteroatoms. The summed E-state index contributed by atoms with van der Waals surface area (Å²) in [5.41, 5.74) is 1.04. The Hall–Kier alpha value is -0.970. The number of thiol groups is 1. The summed E-state index contributed by atoms with van der Waals surface area (Å²) in [6.07, 6.45) is 4.16. The highest BCUT2D eigenvalue weighted by Crippen LogP contribution is 2.02. The molecule has 0 aliphatic carbocycles. The zero-order chi connectivity index (χ0) is 10.6. The maximum Gasteiger partial charge on any atom is 0.223 e. The summed E-state index contributed by atoms with van der Waals surface area (Å²) >= 11 is 4.02. The maximum atomic E-state index is 11.4. The van der Waals surface area contributed by atoms with E-state index >= 15 is 0 Å². The highest BCUT2D eigenvalue weighted by molar-refractivity contribution is 7.80. The Kier molecular flexibility index (Phi) is 4.00. The van der Waals surface area contributed by atoms with Crippen LogP contribution in [0, 0.1) is 0 Å². The lowest BCUT2D eigenvalue weighted by molar-refractivity contribution is -0.129. The number of aryl methyl sites for hydroxylation is 1. The Morgan fingerprint density at radius 3 is 2.93 bits per heavy atom. The van der Waals surface area contributed by atoms with E-state index in [0.717, 1.165) is 5.56 Å². The zero-order valence-electron chi connectivity index (χ0n) is 8.47. The van der Waals surface area contributed by atoms with Gasteiger partial charge in [-0.3, -0.25) is 9.48 Å². The fourth-order valence-corrected chi connectivity index (χ4v) is 1.39. The first kappa shape index (κ1) is 11.1. The molecule has 1 aromatic heterocycles. The number of carbonyl (C=O) groups excluding carboxylic acids is 1. The van der Waals surface area contributed by atoms with Crippen molar-refractivity contribution in [1.29, 1.82) is 0 Å². The third-order valence-electron chi connectivity index (χ3n) is 1.93. The molecule has 0 saturated heterocycles. The second kappa shape index (κ2) is 5.05. The Labute approximate surface area is 89.3 Å². The van der Waals surface area contributed by atoms with Crippen molar-refractivity contribution in [1.82, 2.24) is 14.7 Å². The summed E-state index contributed by atoms with van der Waals surface area (Å²) in [6.45, 7) is 0.612. The van der Waals surface area contributed by atoms with E-state index in [9.17, 15) is 4.79 Å². The lowest BCUT2D eigenvalue weighted by Gasteiger charge is -2.15. The molecule has 0 radical (unpaired) electrons. The molecule has 78 valence electrons. The summed E-state index contributed by atoms with van der Waals surface area (Å²) in [4.78, 5) is 13.1. The van der Waals surface area contributed by atoms with E-state index in [4.69, 9.17) is 0 Å². The molecule has 0 aliphatic heterocycles. The molecule has 0 aliphatic rings. The van der Waals surface area contributed by atoms with Crippen LogP contribution < -0.4 is 0 Å². The Bertz CT molecular complexity index is 311.